The number of pyridine rings is 1. The van der Waals surface area contributed by atoms with E-state index in [1.807, 2.05) is 12.1 Å². The van der Waals surface area contributed by atoms with Crippen molar-refractivity contribution in [2.75, 3.05) is 0 Å². The van der Waals surface area contributed by atoms with Gasteiger partial charge in [-0.05, 0) is 39.7 Å². The fourth-order valence-corrected chi connectivity index (χ4v) is 2.13. The van der Waals surface area contributed by atoms with Gasteiger partial charge in [-0.2, -0.15) is 0 Å². The van der Waals surface area contributed by atoms with Crippen molar-refractivity contribution in [3.8, 4) is 11.4 Å². The largest absolute Gasteiger partial charge is 0.297 e. The molecule has 3 rings (SSSR count). The molecule has 4 nitrogen and oxygen atoms in total. The monoisotopic (exact) mass is 326 g/mol. The van der Waals surface area contributed by atoms with Crippen LogP contribution < -0.4 is 0 Å². The van der Waals surface area contributed by atoms with Gasteiger partial charge in [0.05, 0.1) is 18.1 Å². The quantitative estimate of drug-likeness (QED) is 0.644. The van der Waals surface area contributed by atoms with Crippen LogP contribution in [0.2, 0.25) is 5.28 Å². The molecule has 90 valence electrons. The lowest BCUT2D eigenvalue weighted by Gasteiger charge is -2.03. The molecule has 3 aromatic rings. The minimum atomic E-state index is -0.541. The van der Waals surface area contributed by atoms with Crippen molar-refractivity contribution in [2.24, 2.45) is 0 Å². The number of halogens is 3. The standard InChI is InChI=1S/C11H5BrClFN4/c12-6-1-2-9-15-4-8(18(9)5-6)10-7(14)3-16-11(13)17-10/h1-5H. The van der Waals surface area contributed by atoms with Gasteiger partial charge in [-0.25, -0.2) is 19.3 Å². The molecule has 0 N–H and O–H groups in total. The molecule has 0 atom stereocenters. The molecule has 0 amide bonds. The van der Waals surface area contributed by atoms with Gasteiger partial charge < -0.3 is 0 Å². The van der Waals surface area contributed by atoms with E-state index >= 15 is 0 Å². The Labute approximate surface area is 115 Å². The summed E-state index contributed by atoms with van der Waals surface area (Å²) in [4.78, 5) is 11.7. The molecule has 7 heteroatoms. The highest BCUT2D eigenvalue weighted by atomic mass is 79.9. The van der Waals surface area contributed by atoms with Crippen LogP contribution in [0.3, 0.4) is 0 Å². The molecule has 18 heavy (non-hydrogen) atoms. The van der Waals surface area contributed by atoms with Crippen molar-refractivity contribution in [1.82, 2.24) is 19.4 Å². The molecule has 0 aromatic carbocycles. The van der Waals surface area contributed by atoms with Crippen LogP contribution in [0.5, 0.6) is 0 Å². The molecule has 0 saturated carbocycles. The summed E-state index contributed by atoms with van der Waals surface area (Å²) in [5.41, 5.74) is 1.34. The molecule has 0 fully saturated rings. The van der Waals surface area contributed by atoms with E-state index in [2.05, 4.69) is 30.9 Å². The van der Waals surface area contributed by atoms with Crippen LogP contribution in [-0.4, -0.2) is 19.4 Å². The molecule has 0 unspecified atom stereocenters. The molecule has 0 bridgehead atoms. The predicted molar refractivity (Wildman–Crippen MR) is 68.9 cm³/mol. The van der Waals surface area contributed by atoms with Crippen LogP contribution in [0, 0.1) is 5.82 Å². The zero-order valence-corrected chi connectivity index (χ0v) is 11.2. The van der Waals surface area contributed by atoms with Crippen molar-refractivity contribution in [3.63, 3.8) is 0 Å². The van der Waals surface area contributed by atoms with Gasteiger partial charge in [-0.3, -0.25) is 4.40 Å². The Morgan fingerprint density at radius 2 is 2.06 bits per heavy atom. The van der Waals surface area contributed by atoms with E-state index in [9.17, 15) is 4.39 Å². The van der Waals surface area contributed by atoms with Gasteiger partial charge in [0.25, 0.3) is 0 Å². The Morgan fingerprint density at radius 3 is 2.89 bits per heavy atom. The number of rotatable bonds is 1. The highest BCUT2D eigenvalue weighted by molar-refractivity contribution is 9.10. The molecule has 0 aliphatic heterocycles. The van der Waals surface area contributed by atoms with E-state index in [-0.39, 0.29) is 11.0 Å². The van der Waals surface area contributed by atoms with E-state index in [0.717, 1.165) is 10.7 Å². The maximum atomic E-state index is 13.7. The number of hydrogen-bond acceptors (Lipinski definition) is 3. The van der Waals surface area contributed by atoms with E-state index in [1.54, 1.807) is 16.8 Å². The third-order valence-corrected chi connectivity index (χ3v) is 3.08. The zero-order chi connectivity index (χ0) is 12.7. The number of nitrogens with zero attached hydrogens (tertiary/aromatic N) is 4. The number of fused-ring (bicyclic) bond motifs is 1. The van der Waals surface area contributed by atoms with Gasteiger partial charge in [0.2, 0.25) is 5.28 Å². The van der Waals surface area contributed by atoms with Gasteiger partial charge in [0.15, 0.2) is 5.82 Å². The van der Waals surface area contributed by atoms with E-state index < -0.39 is 5.82 Å². The second-order valence-corrected chi connectivity index (χ2v) is 4.81. The van der Waals surface area contributed by atoms with Crippen LogP contribution in [0.1, 0.15) is 0 Å². The first-order chi connectivity index (χ1) is 8.65. The summed E-state index contributed by atoms with van der Waals surface area (Å²) in [6.45, 7) is 0. The fourth-order valence-electron chi connectivity index (χ4n) is 1.66. The Balaban J connectivity index is 2.31. The van der Waals surface area contributed by atoms with Crippen LogP contribution >= 0.6 is 27.5 Å². The topological polar surface area (TPSA) is 43.1 Å². The van der Waals surface area contributed by atoms with Crippen molar-refractivity contribution in [2.45, 2.75) is 0 Å². The molecule has 0 spiro atoms. The first kappa shape index (κ1) is 11.6. The summed E-state index contributed by atoms with van der Waals surface area (Å²) in [6, 6.07) is 3.67. The lowest BCUT2D eigenvalue weighted by atomic mass is 10.3. The zero-order valence-electron chi connectivity index (χ0n) is 8.81. The molecule has 3 heterocycles. The first-order valence-corrected chi connectivity index (χ1v) is 6.13. The molecule has 0 saturated heterocycles. The van der Waals surface area contributed by atoms with Crippen molar-refractivity contribution in [3.05, 3.63) is 46.3 Å². The number of hydrogen-bond donors (Lipinski definition) is 0. The van der Waals surface area contributed by atoms with E-state index in [1.165, 1.54) is 0 Å². The van der Waals surface area contributed by atoms with Crippen molar-refractivity contribution in [1.29, 1.82) is 0 Å². The third kappa shape index (κ3) is 1.87. The third-order valence-electron chi connectivity index (χ3n) is 2.43. The van der Waals surface area contributed by atoms with E-state index in [0.29, 0.717) is 11.3 Å². The van der Waals surface area contributed by atoms with Gasteiger partial charge in [0.1, 0.15) is 11.3 Å². The van der Waals surface area contributed by atoms with Gasteiger partial charge in [0, 0.05) is 10.7 Å². The summed E-state index contributed by atoms with van der Waals surface area (Å²) in [7, 11) is 0. The Kier molecular flexibility index (Phi) is 2.76. The average molecular weight is 328 g/mol. The molecule has 0 radical (unpaired) electrons. The van der Waals surface area contributed by atoms with Gasteiger partial charge >= 0.3 is 0 Å². The maximum absolute atomic E-state index is 13.7. The Hall–Kier alpha value is -1.53. The Bertz CT molecular complexity index is 743. The minimum absolute atomic E-state index is 0.00338. The lowest BCUT2D eigenvalue weighted by molar-refractivity contribution is 0.617. The molecule has 0 aliphatic rings. The number of aromatic nitrogens is 4. The summed E-state index contributed by atoms with van der Waals surface area (Å²) < 4.78 is 16.3. The van der Waals surface area contributed by atoms with Crippen molar-refractivity contribution < 1.29 is 4.39 Å². The lowest BCUT2D eigenvalue weighted by Crippen LogP contribution is -1.96. The Morgan fingerprint density at radius 1 is 1.22 bits per heavy atom. The first-order valence-electron chi connectivity index (χ1n) is 4.96. The minimum Gasteiger partial charge on any atom is -0.297 e. The van der Waals surface area contributed by atoms with Crippen LogP contribution in [0.4, 0.5) is 4.39 Å². The predicted octanol–water partition coefficient (Wildman–Crippen LogP) is 3.35. The smallest absolute Gasteiger partial charge is 0.223 e. The van der Waals surface area contributed by atoms with E-state index in [4.69, 9.17) is 11.6 Å². The summed E-state index contributed by atoms with van der Waals surface area (Å²) in [6.07, 6.45) is 4.37. The molecular weight excluding hydrogens is 323 g/mol. The van der Waals surface area contributed by atoms with Crippen LogP contribution in [0.25, 0.3) is 17.0 Å². The SMILES string of the molecule is Fc1cnc(Cl)nc1-c1cnc2ccc(Br)cn12. The average Bonchev–Trinajstić information content (AvgIpc) is 2.75. The highest BCUT2D eigenvalue weighted by Crippen LogP contribution is 2.23. The summed E-state index contributed by atoms with van der Waals surface area (Å²) in [5.74, 6) is -0.541. The summed E-state index contributed by atoms with van der Waals surface area (Å²) >= 11 is 9.04. The van der Waals surface area contributed by atoms with Gasteiger partial charge in [-0.1, -0.05) is 0 Å². The fraction of sp³-hybridized carbons (Fsp3) is 0. The second kappa shape index (κ2) is 4.29. The number of imidazole rings is 1. The molecule has 3 aromatic heterocycles. The van der Waals surface area contributed by atoms with Crippen LogP contribution in [-0.2, 0) is 0 Å². The van der Waals surface area contributed by atoms with Gasteiger partial charge in [-0.15, -0.1) is 0 Å². The van der Waals surface area contributed by atoms with Crippen molar-refractivity contribution >= 4 is 33.2 Å². The molecule has 0 aliphatic carbocycles. The maximum Gasteiger partial charge on any atom is 0.223 e. The highest BCUT2D eigenvalue weighted by Gasteiger charge is 2.13. The normalized spacial score (nSPS) is 11.1. The molecular formula is C11H5BrClFN4. The second-order valence-electron chi connectivity index (χ2n) is 3.55. The van der Waals surface area contributed by atoms with Crippen LogP contribution in [0.15, 0.2) is 35.2 Å². The summed E-state index contributed by atoms with van der Waals surface area (Å²) in [5, 5.41) is -0.00338.